The van der Waals surface area contributed by atoms with Crippen molar-refractivity contribution in [2.45, 2.75) is 38.5 Å². The average molecular weight is 274 g/mol. The van der Waals surface area contributed by atoms with Crippen LogP contribution in [-0.4, -0.2) is 48.6 Å². The first-order chi connectivity index (χ1) is 8.71. The van der Waals surface area contributed by atoms with Crippen LogP contribution >= 0.6 is 0 Å². The molecule has 9 heteroatoms. The van der Waals surface area contributed by atoms with Gasteiger partial charge in [-0.05, 0) is 26.3 Å². The number of hydrogen-bond donors (Lipinski definition) is 2. The molecule has 0 unspecified atom stereocenters. The van der Waals surface area contributed by atoms with E-state index in [2.05, 4.69) is 20.1 Å². The van der Waals surface area contributed by atoms with Crippen LogP contribution in [-0.2, 0) is 14.3 Å². The zero-order chi connectivity index (χ0) is 15.1. The number of ether oxygens (including phenoxy) is 2. The van der Waals surface area contributed by atoms with Crippen molar-refractivity contribution in [3.05, 3.63) is 10.4 Å². The number of aliphatic hydroxyl groups excluding tert-OH is 1. The van der Waals surface area contributed by atoms with Crippen LogP contribution in [0, 0.1) is 0 Å². The highest BCUT2D eigenvalue weighted by molar-refractivity contribution is 5.76. The van der Waals surface area contributed by atoms with E-state index in [1.807, 2.05) is 0 Å². The fourth-order valence-electron chi connectivity index (χ4n) is 1.07. The first-order valence-electron chi connectivity index (χ1n) is 5.48. The van der Waals surface area contributed by atoms with Crippen LogP contribution in [0.2, 0.25) is 0 Å². The zero-order valence-corrected chi connectivity index (χ0v) is 11.3. The topological polar surface area (TPSA) is 134 Å². The maximum atomic E-state index is 11.3. The Morgan fingerprint density at radius 2 is 2.05 bits per heavy atom. The van der Waals surface area contributed by atoms with Crippen molar-refractivity contribution < 1.29 is 24.2 Å². The molecule has 0 saturated carbocycles. The fraction of sp³-hybridized carbons (Fsp3) is 0.800. The number of esters is 1. The number of aliphatic hydroxyl groups is 1. The Kier molecular flexibility index (Phi) is 6.67. The summed E-state index contributed by atoms with van der Waals surface area (Å²) < 4.78 is 9.30. The number of rotatable bonds is 5. The number of methoxy groups -OCH3 is 1. The SMILES string of the molecule is COC(=O)[C@H](N=[N+]=[N-])[C@@H](O)CNC(=O)OC(C)(C)C. The third-order valence-corrected chi connectivity index (χ3v) is 1.84. The predicted octanol–water partition coefficient (Wildman–Crippen LogP) is 0.724. The largest absolute Gasteiger partial charge is 0.469 e. The van der Waals surface area contributed by atoms with Crippen molar-refractivity contribution in [2.75, 3.05) is 13.7 Å². The predicted molar refractivity (Wildman–Crippen MR) is 65.2 cm³/mol. The Balaban J connectivity index is 4.42. The number of carbonyl (C=O) groups excluding carboxylic acids is 2. The summed E-state index contributed by atoms with van der Waals surface area (Å²) in [6.45, 7) is 4.73. The van der Waals surface area contributed by atoms with Crippen LogP contribution in [0.15, 0.2) is 5.11 Å². The molecular formula is C10H18N4O5. The Bertz CT molecular complexity index is 373. The molecule has 0 bridgehead atoms. The highest BCUT2D eigenvalue weighted by Crippen LogP contribution is 2.07. The molecule has 0 aromatic heterocycles. The van der Waals surface area contributed by atoms with Gasteiger partial charge < -0.3 is 19.9 Å². The molecular weight excluding hydrogens is 256 g/mol. The molecule has 0 heterocycles. The van der Waals surface area contributed by atoms with E-state index in [0.29, 0.717) is 0 Å². The third kappa shape index (κ3) is 7.12. The number of hydrogen-bond acceptors (Lipinski definition) is 6. The standard InChI is InChI=1S/C10H18N4O5/c1-10(2,3)19-9(17)12-5-6(15)7(13-14-11)8(16)18-4/h6-7,15H,5H2,1-4H3,(H,12,17)/t6-,7+/m0/s1. The molecule has 19 heavy (non-hydrogen) atoms. The summed E-state index contributed by atoms with van der Waals surface area (Å²) in [5, 5.41) is 15.0. The molecule has 9 nitrogen and oxygen atoms in total. The smallest absolute Gasteiger partial charge is 0.407 e. The van der Waals surface area contributed by atoms with Gasteiger partial charge >= 0.3 is 12.1 Å². The van der Waals surface area contributed by atoms with Gasteiger partial charge in [0.15, 0.2) is 6.04 Å². The van der Waals surface area contributed by atoms with E-state index < -0.39 is 29.8 Å². The fourth-order valence-corrected chi connectivity index (χ4v) is 1.07. The summed E-state index contributed by atoms with van der Waals surface area (Å²) in [4.78, 5) is 25.0. The van der Waals surface area contributed by atoms with Crippen LogP contribution in [0.5, 0.6) is 0 Å². The second-order valence-corrected chi connectivity index (χ2v) is 4.62. The summed E-state index contributed by atoms with van der Waals surface area (Å²) in [5.74, 6) is -0.892. The first-order valence-corrected chi connectivity index (χ1v) is 5.48. The van der Waals surface area contributed by atoms with E-state index in [1.54, 1.807) is 20.8 Å². The monoisotopic (exact) mass is 274 g/mol. The van der Waals surface area contributed by atoms with E-state index in [-0.39, 0.29) is 6.54 Å². The molecule has 2 atom stereocenters. The van der Waals surface area contributed by atoms with Crippen molar-refractivity contribution in [3.63, 3.8) is 0 Å². The number of amides is 1. The molecule has 1 amide bonds. The minimum absolute atomic E-state index is 0.312. The van der Waals surface area contributed by atoms with Gasteiger partial charge in [-0.3, -0.25) is 4.79 Å². The second kappa shape index (κ2) is 7.45. The van der Waals surface area contributed by atoms with Crippen molar-refractivity contribution >= 4 is 12.1 Å². The molecule has 0 aliphatic heterocycles. The van der Waals surface area contributed by atoms with Crippen molar-refractivity contribution in [2.24, 2.45) is 5.11 Å². The Morgan fingerprint density at radius 1 is 1.47 bits per heavy atom. The van der Waals surface area contributed by atoms with Crippen LogP contribution < -0.4 is 5.32 Å². The maximum Gasteiger partial charge on any atom is 0.407 e. The molecule has 0 aliphatic carbocycles. The second-order valence-electron chi connectivity index (χ2n) is 4.62. The lowest BCUT2D eigenvalue weighted by Crippen LogP contribution is -2.43. The summed E-state index contributed by atoms with van der Waals surface area (Å²) in [7, 11) is 1.09. The van der Waals surface area contributed by atoms with Gasteiger partial charge in [-0.15, -0.1) is 0 Å². The van der Waals surface area contributed by atoms with Gasteiger partial charge in [-0.1, -0.05) is 5.11 Å². The molecule has 0 rings (SSSR count). The van der Waals surface area contributed by atoms with Crippen molar-refractivity contribution in [1.29, 1.82) is 0 Å². The Morgan fingerprint density at radius 3 is 2.47 bits per heavy atom. The van der Waals surface area contributed by atoms with Gasteiger partial charge in [0, 0.05) is 11.5 Å². The van der Waals surface area contributed by atoms with Gasteiger partial charge in [0.25, 0.3) is 0 Å². The summed E-state index contributed by atoms with van der Waals surface area (Å²) in [6, 6.07) is -1.43. The third-order valence-electron chi connectivity index (χ3n) is 1.84. The highest BCUT2D eigenvalue weighted by Gasteiger charge is 2.27. The number of nitrogens with zero attached hydrogens (tertiary/aromatic N) is 3. The molecule has 0 radical (unpaired) electrons. The normalized spacial score (nSPS) is 13.7. The van der Waals surface area contributed by atoms with Crippen LogP contribution in [0.4, 0.5) is 4.79 Å². The summed E-state index contributed by atoms with van der Waals surface area (Å²) in [5.41, 5.74) is 7.61. The van der Waals surface area contributed by atoms with Crippen LogP contribution in [0.1, 0.15) is 20.8 Å². The highest BCUT2D eigenvalue weighted by atomic mass is 16.6. The quantitative estimate of drug-likeness (QED) is 0.330. The summed E-state index contributed by atoms with van der Waals surface area (Å²) in [6.07, 6.45) is -2.16. The van der Waals surface area contributed by atoms with E-state index in [1.165, 1.54) is 0 Å². The van der Waals surface area contributed by atoms with Crippen LogP contribution in [0.25, 0.3) is 10.4 Å². The lowest BCUT2D eigenvalue weighted by Gasteiger charge is -2.21. The molecule has 0 spiro atoms. The first kappa shape index (κ1) is 17.0. The van der Waals surface area contributed by atoms with Crippen molar-refractivity contribution in [1.82, 2.24) is 5.32 Å². The Labute approximate surface area is 110 Å². The van der Waals surface area contributed by atoms with E-state index in [4.69, 9.17) is 10.3 Å². The number of carbonyl (C=O) groups is 2. The van der Waals surface area contributed by atoms with Crippen molar-refractivity contribution in [3.8, 4) is 0 Å². The molecule has 0 fully saturated rings. The maximum absolute atomic E-state index is 11.3. The lowest BCUT2D eigenvalue weighted by atomic mass is 10.2. The summed E-state index contributed by atoms with van der Waals surface area (Å²) >= 11 is 0. The molecule has 0 saturated heterocycles. The van der Waals surface area contributed by atoms with Gasteiger partial charge in [-0.25, -0.2) is 4.79 Å². The average Bonchev–Trinajstić information content (AvgIpc) is 2.30. The number of alkyl carbamates (subject to hydrolysis) is 1. The van der Waals surface area contributed by atoms with E-state index in [9.17, 15) is 14.7 Å². The molecule has 0 aromatic rings. The number of azide groups is 1. The van der Waals surface area contributed by atoms with Gasteiger partial charge in [0.05, 0.1) is 13.2 Å². The molecule has 108 valence electrons. The zero-order valence-electron chi connectivity index (χ0n) is 11.3. The van der Waals surface area contributed by atoms with E-state index in [0.717, 1.165) is 7.11 Å². The molecule has 0 aromatic carbocycles. The van der Waals surface area contributed by atoms with Crippen LogP contribution in [0.3, 0.4) is 0 Å². The van der Waals surface area contributed by atoms with Gasteiger partial charge in [0.1, 0.15) is 5.60 Å². The minimum atomic E-state index is -1.43. The van der Waals surface area contributed by atoms with Gasteiger partial charge in [0.2, 0.25) is 0 Å². The molecule has 2 N–H and O–H groups in total. The number of nitrogens with one attached hydrogen (secondary N) is 1. The lowest BCUT2D eigenvalue weighted by molar-refractivity contribution is -0.144. The van der Waals surface area contributed by atoms with E-state index >= 15 is 0 Å². The Hall–Kier alpha value is -1.99. The van der Waals surface area contributed by atoms with Gasteiger partial charge in [-0.2, -0.15) is 0 Å². The minimum Gasteiger partial charge on any atom is -0.469 e. The molecule has 0 aliphatic rings.